The normalized spacial score (nSPS) is 13.5. The summed E-state index contributed by atoms with van der Waals surface area (Å²) in [7, 11) is -3.51. The highest BCUT2D eigenvalue weighted by atomic mass is 32.2. The number of carbonyl (C=O) groups excluding carboxylic acids is 1. The summed E-state index contributed by atoms with van der Waals surface area (Å²) in [5.41, 5.74) is 1.75. The Morgan fingerprint density at radius 1 is 1.00 bits per heavy atom. The van der Waals surface area contributed by atoms with Crippen LogP contribution < -0.4 is 10.0 Å². The zero-order chi connectivity index (χ0) is 23.4. The third-order valence-electron chi connectivity index (χ3n) is 4.99. The lowest BCUT2D eigenvalue weighted by Gasteiger charge is -2.24. The zero-order valence-electron chi connectivity index (χ0n) is 18.7. The van der Waals surface area contributed by atoms with Gasteiger partial charge in [-0.1, -0.05) is 74.5 Å². The van der Waals surface area contributed by atoms with E-state index in [0.29, 0.717) is 18.8 Å². The van der Waals surface area contributed by atoms with Gasteiger partial charge in [0.15, 0.2) is 0 Å². The minimum absolute atomic E-state index is 0.00774. The zero-order valence-corrected chi connectivity index (χ0v) is 19.6. The first kappa shape index (κ1) is 25.8. The van der Waals surface area contributed by atoms with Gasteiger partial charge in [-0.05, 0) is 36.3 Å². The van der Waals surface area contributed by atoms with Crippen LogP contribution in [0.4, 0.5) is 4.79 Å². The van der Waals surface area contributed by atoms with Crippen molar-refractivity contribution in [1.29, 1.82) is 0 Å². The monoisotopic (exact) mass is 462 g/mol. The molecule has 1 amide bonds. The van der Waals surface area contributed by atoms with Crippen LogP contribution in [-0.4, -0.2) is 44.1 Å². The van der Waals surface area contributed by atoms with Gasteiger partial charge in [0, 0.05) is 6.54 Å². The van der Waals surface area contributed by atoms with Gasteiger partial charge < -0.3 is 15.2 Å². The Morgan fingerprint density at radius 2 is 1.59 bits per heavy atom. The second-order valence-corrected chi connectivity index (χ2v) is 10.2. The Bertz CT molecular complexity index is 905. The predicted molar refractivity (Wildman–Crippen MR) is 126 cm³/mol. The summed E-state index contributed by atoms with van der Waals surface area (Å²) in [4.78, 5) is 12.3. The second-order valence-electron chi connectivity index (χ2n) is 8.27. The number of amides is 1. The highest BCUT2D eigenvalue weighted by molar-refractivity contribution is 7.89. The van der Waals surface area contributed by atoms with Gasteiger partial charge in [-0.15, -0.1) is 0 Å². The van der Waals surface area contributed by atoms with Crippen molar-refractivity contribution < 1.29 is 23.1 Å². The molecule has 32 heavy (non-hydrogen) atoms. The Kier molecular flexibility index (Phi) is 10.7. The molecule has 2 atom stereocenters. The van der Waals surface area contributed by atoms with Crippen LogP contribution in [-0.2, 0) is 27.8 Å². The fourth-order valence-corrected chi connectivity index (χ4v) is 4.29. The van der Waals surface area contributed by atoms with Crippen LogP contribution in [0.2, 0.25) is 0 Å². The van der Waals surface area contributed by atoms with Crippen LogP contribution in [0.3, 0.4) is 0 Å². The number of aliphatic hydroxyl groups excluding tert-OH is 1. The van der Waals surface area contributed by atoms with Gasteiger partial charge in [-0.2, -0.15) is 0 Å². The van der Waals surface area contributed by atoms with Crippen LogP contribution in [0.1, 0.15) is 37.8 Å². The summed E-state index contributed by atoms with van der Waals surface area (Å²) in [6.45, 7) is 3.99. The maximum Gasteiger partial charge on any atom is 0.407 e. The SMILES string of the molecule is CC(C)CCCS(=O)(=O)NC[C@@H](O)C(Cc1ccccc1)NC(=O)OCc1ccccc1. The van der Waals surface area contributed by atoms with Gasteiger partial charge >= 0.3 is 6.09 Å². The van der Waals surface area contributed by atoms with Crippen molar-refractivity contribution in [3.05, 3.63) is 71.8 Å². The van der Waals surface area contributed by atoms with E-state index >= 15 is 0 Å². The number of hydrogen-bond donors (Lipinski definition) is 3. The standard InChI is InChI=1S/C24H34N2O5S/c1-19(2)10-9-15-32(29,30)25-17-23(27)22(16-20-11-5-3-6-12-20)26-24(28)31-18-21-13-7-4-8-14-21/h3-8,11-14,19,22-23,25,27H,9-10,15-18H2,1-2H3,(H,26,28)/t22?,23-/m1/s1. The average molecular weight is 463 g/mol. The molecule has 0 radical (unpaired) electrons. The third-order valence-corrected chi connectivity index (χ3v) is 6.42. The molecular formula is C24H34N2O5S. The second kappa shape index (κ2) is 13.2. The van der Waals surface area contributed by atoms with Crippen LogP contribution in [0.15, 0.2) is 60.7 Å². The molecule has 0 fully saturated rings. The summed E-state index contributed by atoms with van der Waals surface area (Å²) in [6.07, 6.45) is -0.0968. The number of ether oxygens (including phenoxy) is 1. The molecule has 1 unspecified atom stereocenters. The molecule has 0 aliphatic heterocycles. The summed E-state index contributed by atoms with van der Waals surface area (Å²) >= 11 is 0. The molecule has 2 aromatic rings. The quantitative estimate of drug-likeness (QED) is 0.424. The van der Waals surface area contributed by atoms with E-state index < -0.39 is 28.3 Å². The molecule has 8 heteroatoms. The van der Waals surface area contributed by atoms with Gasteiger partial charge in [0.1, 0.15) is 6.61 Å². The van der Waals surface area contributed by atoms with Gasteiger partial charge in [-0.25, -0.2) is 17.9 Å². The molecular weight excluding hydrogens is 428 g/mol. The van der Waals surface area contributed by atoms with Crippen molar-refractivity contribution >= 4 is 16.1 Å². The molecule has 7 nitrogen and oxygen atoms in total. The number of sulfonamides is 1. The third kappa shape index (κ3) is 10.3. The molecule has 0 heterocycles. The molecule has 2 rings (SSSR count). The number of benzene rings is 2. The van der Waals surface area contributed by atoms with E-state index in [4.69, 9.17) is 4.74 Å². The smallest absolute Gasteiger partial charge is 0.407 e. The summed E-state index contributed by atoms with van der Waals surface area (Å²) in [5.74, 6) is 0.436. The van der Waals surface area contributed by atoms with Crippen molar-refractivity contribution in [1.82, 2.24) is 10.0 Å². The van der Waals surface area contributed by atoms with E-state index in [-0.39, 0.29) is 18.9 Å². The van der Waals surface area contributed by atoms with Crippen LogP contribution >= 0.6 is 0 Å². The lowest BCUT2D eigenvalue weighted by atomic mass is 10.0. The predicted octanol–water partition coefficient (Wildman–Crippen LogP) is 3.24. The van der Waals surface area contributed by atoms with Crippen molar-refractivity contribution in [2.75, 3.05) is 12.3 Å². The topological polar surface area (TPSA) is 105 Å². The molecule has 0 aliphatic rings. The highest BCUT2D eigenvalue weighted by Crippen LogP contribution is 2.09. The van der Waals surface area contributed by atoms with Gasteiger partial charge in [0.05, 0.1) is 17.9 Å². The number of nitrogens with one attached hydrogen (secondary N) is 2. The van der Waals surface area contributed by atoms with E-state index in [0.717, 1.165) is 17.5 Å². The summed E-state index contributed by atoms with van der Waals surface area (Å²) in [5, 5.41) is 13.4. The largest absolute Gasteiger partial charge is 0.445 e. The minimum atomic E-state index is -3.51. The Labute approximate surface area is 191 Å². The van der Waals surface area contributed by atoms with Gasteiger partial charge in [-0.3, -0.25) is 0 Å². The Morgan fingerprint density at radius 3 is 2.19 bits per heavy atom. The lowest BCUT2D eigenvalue weighted by Crippen LogP contribution is -2.49. The first-order valence-electron chi connectivity index (χ1n) is 10.9. The number of alkyl carbamates (subject to hydrolysis) is 1. The molecule has 0 saturated heterocycles. The Hall–Kier alpha value is -2.42. The Balaban J connectivity index is 1.95. The number of carbonyl (C=O) groups is 1. The number of hydrogen-bond acceptors (Lipinski definition) is 5. The molecule has 176 valence electrons. The number of rotatable bonds is 13. The van der Waals surface area contributed by atoms with Gasteiger partial charge in [0.2, 0.25) is 10.0 Å². The van der Waals surface area contributed by atoms with E-state index in [9.17, 15) is 18.3 Å². The minimum Gasteiger partial charge on any atom is -0.445 e. The van der Waals surface area contributed by atoms with Crippen LogP contribution in [0, 0.1) is 5.92 Å². The molecule has 2 aromatic carbocycles. The van der Waals surface area contributed by atoms with Crippen LogP contribution in [0.5, 0.6) is 0 Å². The fourth-order valence-electron chi connectivity index (χ4n) is 3.18. The first-order chi connectivity index (χ1) is 15.2. The van der Waals surface area contributed by atoms with Crippen molar-refractivity contribution in [2.24, 2.45) is 5.92 Å². The van der Waals surface area contributed by atoms with E-state index in [1.807, 2.05) is 74.5 Å². The van der Waals surface area contributed by atoms with Crippen molar-refractivity contribution in [2.45, 2.75) is 51.9 Å². The maximum atomic E-state index is 12.3. The van der Waals surface area contributed by atoms with E-state index in [1.54, 1.807) is 0 Å². The number of aliphatic hydroxyl groups is 1. The maximum absolute atomic E-state index is 12.3. The van der Waals surface area contributed by atoms with Crippen molar-refractivity contribution in [3.8, 4) is 0 Å². The molecule has 3 N–H and O–H groups in total. The highest BCUT2D eigenvalue weighted by Gasteiger charge is 2.24. The molecule has 0 saturated carbocycles. The first-order valence-corrected chi connectivity index (χ1v) is 12.6. The lowest BCUT2D eigenvalue weighted by molar-refractivity contribution is 0.103. The van der Waals surface area contributed by atoms with E-state index in [2.05, 4.69) is 10.0 Å². The van der Waals surface area contributed by atoms with Crippen LogP contribution in [0.25, 0.3) is 0 Å². The molecule has 0 bridgehead atoms. The summed E-state index contributed by atoms with van der Waals surface area (Å²) < 4.78 is 32.2. The molecule has 0 spiro atoms. The molecule has 0 aromatic heterocycles. The fraction of sp³-hybridized carbons (Fsp3) is 0.458. The van der Waals surface area contributed by atoms with Gasteiger partial charge in [0.25, 0.3) is 0 Å². The van der Waals surface area contributed by atoms with Crippen molar-refractivity contribution in [3.63, 3.8) is 0 Å². The average Bonchev–Trinajstić information content (AvgIpc) is 2.77. The summed E-state index contributed by atoms with van der Waals surface area (Å²) in [6, 6.07) is 17.9. The van der Waals surface area contributed by atoms with E-state index in [1.165, 1.54) is 0 Å². The molecule has 0 aliphatic carbocycles.